The summed E-state index contributed by atoms with van der Waals surface area (Å²) in [6.07, 6.45) is 3.33. The van der Waals surface area contributed by atoms with Gasteiger partial charge in [0.05, 0.1) is 13.4 Å². The Morgan fingerprint density at radius 3 is 2.87 bits per heavy atom. The number of hydrogen-bond donors (Lipinski definition) is 2. The number of nitrogens with one attached hydrogen (secondary N) is 2. The van der Waals surface area contributed by atoms with E-state index in [0.29, 0.717) is 6.54 Å². The highest BCUT2D eigenvalue weighted by Crippen LogP contribution is 2.04. The molecule has 1 aromatic heterocycles. The second-order valence-electron chi connectivity index (χ2n) is 3.70. The van der Waals surface area contributed by atoms with Gasteiger partial charge in [-0.3, -0.25) is 10.1 Å². The molecule has 0 unspecified atom stereocenters. The number of esters is 1. The van der Waals surface area contributed by atoms with Gasteiger partial charge in [0.1, 0.15) is 6.04 Å². The third-order valence-electron chi connectivity index (χ3n) is 2.19. The van der Waals surface area contributed by atoms with Crippen LogP contribution in [0.3, 0.4) is 0 Å². The summed E-state index contributed by atoms with van der Waals surface area (Å²) >= 11 is 0. The fourth-order valence-electron chi connectivity index (χ4n) is 1.32. The fourth-order valence-corrected chi connectivity index (χ4v) is 1.32. The van der Waals surface area contributed by atoms with Crippen molar-refractivity contribution < 1.29 is 9.53 Å². The van der Waals surface area contributed by atoms with Crippen LogP contribution < -0.4 is 5.32 Å². The molecule has 0 bridgehead atoms. The van der Waals surface area contributed by atoms with Gasteiger partial charge in [0.25, 0.3) is 0 Å². The van der Waals surface area contributed by atoms with Gasteiger partial charge in [0, 0.05) is 18.4 Å². The molecule has 84 valence electrons. The fraction of sp³-hybridized carbons (Fsp3) is 0.600. The van der Waals surface area contributed by atoms with Crippen LogP contribution in [0.25, 0.3) is 0 Å². The second kappa shape index (κ2) is 5.50. The zero-order valence-electron chi connectivity index (χ0n) is 9.28. The number of H-pyrrole nitrogens is 1. The molecular weight excluding hydrogens is 194 g/mol. The Balaban J connectivity index is 2.49. The summed E-state index contributed by atoms with van der Waals surface area (Å²) in [7, 11) is 1.40. The Hall–Kier alpha value is -1.36. The number of nitrogens with zero attached hydrogens (tertiary/aromatic N) is 1. The summed E-state index contributed by atoms with van der Waals surface area (Å²) in [5, 5.41) is 3.13. The highest BCUT2D eigenvalue weighted by molar-refractivity contribution is 5.75. The molecule has 0 aromatic carbocycles. The van der Waals surface area contributed by atoms with E-state index in [0.717, 1.165) is 5.69 Å². The maximum Gasteiger partial charge on any atom is 0.323 e. The number of aromatic nitrogens is 2. The molecule has 0 aliphatic rings. The maximum atomic E-state index is 11.4. The Bertz CT molecular complexity index is 296. The number of imidazole rings is 1. The first-order valence-corrected chi connectivity index (χ1v) is 4.93. The third-order valence-corrected chi connectivity index (χ3v) is 2.19. The van der Waals surface area contributed by atoms with Crippen LogP contribution in [0.4, 0.5) is 0 Å². The van der Waals surface area contributed by atoms with Crippen molar-refractivity contribution in [3.05, 3.63) is 18.2 Å². The molecule has 1 atom stereocenters. The van der Waals surface area contributed by atoms with Gasteiger partial charge < -0.3 is 9.72 Å². The number of hydrogen-bond acceptors (Lipinski definition) is 4. The SMILES string of the molecule is COC(=O)[C@@H](NCc1cnc[nH]1)C(C)C. The number of carbonyl (C=O) groups is 1. The first-order chi connectivity index (χ1) is 7.15. The van der Waals surface area contributed by atoms with Crippen LogP contribution in [0, 0.1) is 5.92 Å². The molecule has 5 heteroatoms. The number of carbonyl (C=O) groups excluding carboxylic acids is 1. The first-order valence-electron chi connectivity index (χ1n) is 4.93. The molecule has 0 saturated heterocycles. The van der Waals surface area contributed by atoms with E-state index < -0.39 is 0 Å². The Morgan fingerprint density at radius 1 is 1.67 bits per heavy atom. The van der Waals surface area contributed by atoms with Gasteiger partial charge >= 0.3 is 5.97 Å². The van der Waals surface area contributed by atoms with Crippen molar-refractivity contribution >= 4 is 5.97 Å². The summed E-state index contributed by atoms with van der Waals surface area (Å²) in [4.78, 5) is 18.3. The number of ether oxygens (including phenoxy) is 1. The van der Waals surface area contributed by atoms with Gasteiger partial charge in [-0.1, -0.05) is 13.8 Å². The normalized spacial score (nSPS) is 12.8. The highest BCUT2D eigenvalue weighted by Gasteiger charge is 2.22. The number of methoxy groups -OCH3 is 1. The van der Waals surface area contributed by atoms with Crippen molar-refractivity contribution in [1.82, 2.24) is 15.3 Å². The lowest BCUT2D eigenvalue weighted by atomic mass is 10.0. The topological polar surface area (TPSA) is 67.0 Å². The largest absolute Gasteiger partial charge is 0.468 e. The predicted molar refractivity (Wildman–Crippen MR) is 56.1 cm³/mol. The Morgan fingerprint density at radius 2 is 2.40 bits per heavy atom. The van der Waals surface area contributed by atoms with Crippen LogP contribution >= 0.6 is 0 Å². The Labute approximate surface area is 89.2 Å². The van der Waals surface area contributed by atoms with E-state index in [-0.39, 0.29) is 17.9 Å². The quantitative estimate of drug-likeness (QED) is 0.703. The second-order valence-corrected chi connectivity index (χ2v) is 3.70. The first kappa shape index (κ1) is 11.7. The monoisotopic (exact) mass is 211 g/mol. The molecule has 15 heavy (non-hydrogen) atoms. The maximum absolute atomic E-state index is 11.4. The summed E-state index contributed by atoms with van der Waals surface area (Å²) in [5.41, 5.74) is 0.949. The minimum absolute atomic E-state index is 0.195. The molecule has 1 aromatic rings. The smallest absolute Gasteiger partial charge is 0.323 e. The number of aromatic amines is 1. The van der Waals surface area contributed by atoms with Crippen LogP contribution in [0.15, 0.2) is 12.5 Å². The van der Waals surface area contributed by atoms with Crippen molar-refractivity contribution in [2.75, 3.05) is 7.11 Å². The van der Waals surface area contributed by atoms with E-state index in [9.17, 15) is 4.79 Å². The van der Waals surface area contributed by atoms with Crippen molar-refractivity contribution in [3.63, 3.8) is 0 Å². The van der Waals surface area contributed by atoms with Gasteiger partial charge in [-0.2, -0.15) is 0 Å². The van der Waals surface area contributed by atoms with E-state index in [1.54, 1.807) is 12.5 Å². The molecule has 0 radical (unpaired) electrons. The van der Waals surface area contributed by atoms with Crippen molar-refractivity contribution in [2.24, 2.45) is 5.92 Å². The minimum Gasteiger partial charge on any atom is -0.468 e. The predicted octanol–water partition coefficient (Wildman–Crippen LogP) is 0.697. The highest BCUT2D eigenvalue weighted by atomic mass is 16.5. The van der Waals surface area contributed by atoms with E-state index in [1.165, 1.54) is 7.11 Å². The van der Waals surface area contributed by atoms with Crippen LogP contribution in [-0.2, 0) is 16.1 Å². The zero-order chi connectivity index (χ0) is 11.3. The summed E-state index contributed by atoms with van der Waals surface area (Å²) in [5.74, 6) is -0.0371. The van der Waals surface area contributed by atoms with Gasteiger partial charge in [-0.25, -0.2) is 4.98 Å². The standard InChI is InChI=1S/C10H17N3O2/c1-7(2)9(10(14)15-3)12-5-8-4-11-6-13-8/h4,6-7,9,12H,5H2,1-3H3,(H,11,13)/t9-/m0/s1. The van der Waals surface area contributed by atoms with E-state index in [2.05, 4.69) is 15.3 Å². The molecule has 1 rings (SSSR count). The molecular formula is C10H17N3O2. The molecule has 1 heterocycles. The third kappa shape index (κ3) is 3.36. The van der Waals surface area contributed by atoms with E-state index >= 15 is 0 Å². The average molecular weight is 211 g/mol. The van der Waals surface area contributed by atoms with Crippen molar-refractivity contribution in [1.29, 1.82) is 0 Å². The lowest BCUT2D eigenvalue weighted by Crippen LogP contribution is -2.41. The lowest BCUT2D eigenvalue weighted by Gasteiger charge is -2.19. The summed E-state index contributed by atoms with van der Waals surface area (Å²) in [6.45, 7) is 4.53. The summed E-state index contributed by atoms with van der Waals surface area (Å²) < 4.78 is 4.72. The molecule has 5 nitrogen and oxygen atoms in total. The van der Waals surface area contributed by atoms with Crippen molar-refractivity contribution in [2.45, 2.75) is 26.4 Å². The van der Waals surface area contributed by atoms with Crippen molar-refractivity contribution in [3.8, 4) is 0 Å². The minimum atomic E-state index is -0.279. The molecule has 0 spiro atoms. The molecule has 0 aliphatic heterocycles. The summed E-state index contributed by atoms with van der Waals surface area (Å²) in [6, 6.07) is -0.279. The molecule has 0 saturated carbocycles. The van der Waals surface area contributed by atoms with E-state index in [4.69, 9.17) is 4.74 Å². The van der Waals surface area contributed by atoms with Crippen LogP contribution in [0.5, 0.6) is 0 Å². The van der Waals surface area contributed by atoms with Gasteiger partial charge in [-0.05, 0) is 5.92 Å². The van der Waals surface area contributed by atoms with Crippen LogP contribution in [0.2, 0.25) is 0 Å². The van der Waals surface area contributed by atoms with Crippen LogP contribution in [-0.4, -0.2) is 29.1 Å². The number of rotatable bonds is 5. The van der Waals surface area contributed by atoms with E-state index in [1.807, 2.05) is 13.8 Å². The lowest BCUT2D eigenvalue weighted by molar-refractivity contribution is -0.144. The zero-order valence-corrected chi connectivity index (χ0v) is 9.28. The van der Waals surface area contributed by atoms with Crippen LogP contribution in [0.1, 0.15) is 19.5 Å². The molecule has 0 fully saturated rings. The Kier molecular flexibility index (Phi) is 4.30. The van der Waals surface area contributed by atoms with Gasteiger partial charge in [0.15, 0.2) is 0 Å². The molecule has 0 aliphatic carbocycles. The molecule has 0 amide bonds. The molecule has 2 N–H and O–H groups in total. The van der Waals surface area contributed by atoms with Gasteiger partial charge in [-0.15, -0.1) is 0 Å². The van der Waals surface area contributed by atoms with Gasteiger partial charge in [0.2, 0.25) is 0 Å². The average Bonchev–Trinajstić information content (AvgIpc) is 2.70.